The molecule has 0 spiro atoms. The van der Waals surface area contributed by atoms with E-state index in [1.165, 1.54) is 0 Å². The van der Waals surface area contributed by atoms with Crippen LogP contribution >= 0.6 is 12.4 Å². The maximum absolute atomic E-state index is 8.64. The van der Waals surface area contributed by atoms with Gasteiger partial charge in [0.15, 0.2) is 0 Å². The van der Waals surface area contributed by atoms with Crippen molar-refractivity contribution in [1.82, 2.24) is 4.90 Å². The van der Waals surface area contributed by atoms with E-state index in [1.54, 1.807) is 0 Å². The maximum atomic E-state index is 8.64. The highest BCUT2D eigenvalue weighted by Gasteiger charge is 2.04. The van der Waals surface area contributed by atoms with Crippen LogP contribution in [0.4, 0.5) is 0 Å². The molecule has 0 aromatic heterocycles. The second-order valence-electron chi connectivity index (χ2n) is 3.01. The SMILES string of the molecule is CN(C)CCCOC(CO)CO.Cl. The molecule has 0 bridgehead atoms. The lowest BCUT2D eigenvalue weighted by Gasteiger charge is -2.13. The zero-order valence-corrected chi connectivity index (χ0v) is 9.09. The van der Waals surface area contributed by atoms with Gasteiger partial charge in [0.05, 0.1) is 13.2 Å². The van der Waals surface area contributed by atoms with Crippen LogP contribution in [0.25, 0.3) is 0 Å². The van der Waals surface area contributed by atoms with Gasteiger partial charge in [-0.2, -0.15) is 0 Å². The molecule has 82 valence electrons. The summed E-state index contributed by atoms with van der Waals surface area (Å²) < 4.78 is 5.16. The highest BCUT2D eigenvalue weighted by molar-refractivity contribution is 5.85. The van der Waals surface area contributed by atoms with Crippen LogP contribution in [0.3, 0.4) is 0 Å². The second kappa shape index (κ2) is 10.2. The monoisotopic (exact) mass is 213 g/mol. The molecule has 0 aromatic carbocycles. The van der Waals surface area contributed by atoms with E-state index < -0.39 is 6.10 Å². The van der Waals surface area contributed by atoms with Crippen molar-refractivity contribution in [2.45, 2.75) is 12.5 Å². The van der Waals surface area contributed by atoms with Crippen LogP contribution in [-0.2, 0) is 4.74 Å². The van der Waals surface area contributed by atoms with Crippen LogP contribution in [0.15, 0.2) is 0 Å². The maximum Gasteiger partial charge on any atom is 0.104 e. The predicted molar refractivity (Wildman–Crippen MR) is 54.3 cm³/mol. The third-order valence-corrected chi connectivity index (χ3v) is 1.51. The van der Waals surface area contributed by atoms with Crippen molar-refractivity contribution < 1.29 is 14.9 Å². The molecule has 5 heteroatoms. The summed E-state index contributed by atoms with van der Waals surface area (Å²) in [5, 5.41) is 17.3. The third-order valence-electron chi connectivity index (χ3n) is 1.51. The first kappa shape index (κ1) is 15.6. The first-order chi connectivity index (χ1) is 5.70. The summed E-state index contributed by atoms with van der Waals surface area (Å²) in [5.74, 6) is 0. The Morgan fingerprint density at radius 3 is 2.15 bits per heavy atom. The van der Waals surface area contributed by atoms with Gasteiger partial charge >= 0.3 is 0 Å². The number of aliphatic hydroxyl groups is 2. The summed E-state index contributed by atoms with van der Waals surface area (Å²) in [5.41, 5.74) is 0. The van der Waals surface area contributed by atoms with E-state index in [0.717, 1.165) is 13.0 Å². The Kier molecular flexibility index (Phi) is 12.3. The molecule has 4 nitrogen and oxygen atoms in total. The number of hydrogen-bond acceptors (Lipinski definition) is 4. The Morgan fingerprint density at radius 2 is 1.77 bits per heavy atom. The molecule has 0 aliphatic heterocycles. The normalized spacial score (nSPS) is 10.6. The van der Waals surface area contributed by atoms with Gasteiger partial charge < -0.3 is 19.8 Å². The summed E-state index contributed by atoms with van der Waals surface area (Å²) in [7, 11) is 3.99. The standard InChI is InChI=1S/C8H19NO3.ClH/c1-9(2)4-3-5-12-8(6-10)7-11;/h8,10-11H,3-7H2,1-2H3;1H. The number of hydrogen-bond donors (Lipinski definition) is 2. The smallest absolute Gasteiger partial charge is 0.104 e. The van der Waals surface area contributed by atoms with Gasteiger partial charge in [0.1, 0.15) is 6.10 Å². The average molecular weight is 214 g/mol. The van der Waals surface area contributed by atoms with Crippen molar-refractivity contribution in [3.8, 4) is 0 Å². The second-order valence-corrected chi connectivity index (χ2v) is 3.01. The number of aliphatic hydroxyl groups excluding tert-OH is 2. The van der Waals surface area contributed by atoms with Crippen molar-refractivity contribution in [2.24, 2.45) is 0 Å². The number of ether oxygens (including phenoxy) is 1. The molecule has 0 atom stereocenters. The molecule has 2 N–H and O–H groups in total. The molecule has 0 heterocycles. The third kappa shape index (κ3) is 10.0. The van der Waals surface area contributed by atoms with Gasteiger partial charge in [-0.3, -0.25) is 0 Å². The number of rotatable bonds is 7. The van der Waals surface area contributed by atoms with Crippen LogP contribution in [0.1, 0.15) is 6.42 Å². The molecule has 0 saturated heterocycles. The molecule has 0 radical (unpaired) electrons. The van der Waals surface area contributed by atoms with Gasteiger partial charge in [0.2, 0.25) is 0 Å². The largest absolute Gasteiger partial charge is 0.394 e. The lowest BCUT2D eigenvalue weighted by atomic mass is 10.4. The molecule has 13 heavy (non-hydrogen) atoms. The van der Waals surface area contributed by atoms with Crippen LogP contribution in [0.5, 0.6) is 0 Å². The fraction of sp³-hybridized carbons (Fsp3) is 1.00. The fourth-order valence-corrected chi connectivity index (χ4v) is 0.794. The Labute approximate surface area is 85.9 Å². The first-order valence-corrected chi connectivity index (χ1v) is 4.18. The lowest BCUT2D eigenvalue weighted by Crippen LogP contribution is -2.24. The highest BCUT2D eigenvalue weighted by Crippen LogP contribution is 1.92. The van der Waals surface area contributed by atoms with E-state index in [1.807, 2.05) is 14.1 Å². The zero-order chi connectivity index (χ0) is 9.40. The van der Waals surface area contributed by atoms with Gasteiger partial charge in [-0.15, -0.1) is 12.4 Å². The van der Waals surface area contributed by atoms with Gasteiger partial charge in [0.25, 0.3) is 0 Å². The molecule has 0 saturated carbocycles. The molecule has 0 unspecified atom stereocenters. The topological polar surface area (TPSA) is 52.9 Å². The Morgan fingerprint density at radius 1 is 1.23 bits per heavy atom. The van der Waals surface area contributed by atoms with Crippen LogP contribution in [0, 0.1) is 0 Å². The highest BCUT2D eigenvalue weighted by atomic mass is 35.5. The first-order valence-electron chi connectivity index (χ1n) is 4.18. The van der Waals surface area contributed by atoms with E-state index in [4.69, 9.17) is 14.9 Å². The Bertz CT molecular complexity index is 99.4. The minimum Gasteiger partial charge on any atom is -0.394 e. The van der Waals surface area contributed by atoms with Crippen LogP contribution in [0.2, 0.25) is 0 Å². The summed E-state index contributed by atoms with van der Waals surface area (Å²) >= 11 is 0. The van der Waals surface area contributed by atoms with E-state index in [9.17, 15) is 0 Å². The van der Waals surface area contributed by atoms with Crippen molar-refractivity contribution in [3.05, 3.63) is 0 Å². The molecular formula is C8H20ClNO3. The Hall–Kier alpha value is 0.130. The molecule has 0 fully saturated rings. The molecule has 0 aliphatic carbocycles. The summed E-state index contributed by atoms with van der Waals surface area (Å²) in [6, 6.07) is 0. The van der Waals surface area contributed by atoms with E-state index >= 15 is 0 Å². The summed E-state index contributed by atoms with van der Waals surface area (Å²) in [4.78, 5) is 2.07. The van der Waals surface area contributed by atoms with Crippen molar-refractivity contribution in [2.75, 3.05) is 40.5 Å². The average Bonchev–Trinajstić information content (AvgIpc) is 2.04. The van der Waals surface area contributed by atoms with Crippen LogP contribution < -0.4 is 0 Å². The van der Waals surface area contributed by atoms with Gasteiger partial charge in [-0.25, -0.2) is 0 Å². The lowest BCUT2D eigenvalue weighted by molar-refractivity contribution is -0.0215. The van der Waals surface area contributed by atoms with Gasteiger partial charge in [0, 0.05) is 6.61 Å². The van der Waals surface area contributed by atoms with Gasteiger partial charge in [-0.05, 0) is 27.1 Å². The zero-order valence-electron chi connectivity index (χ0n) is 8.27. The van der Waals surface area contributed by atoms with E-state index in [2.05, 4.69) is 4.90 Å². The molecule has 0 aromatic rings. The quantitative estimate of drug-likeness (QED) is 0.572. The fourth-order valence-electron chi connectivity index (χ4n) is 0.794. The number of nitrogens with zero attached hydrogens (tertiary/aromatic N) is 1. The minimum atomic E-state index is -0.410. The molecular weight excluding hydrogens is 194 g/mol. The molecule has 0 rings (SSSR count). The van der Waals surface area contributed by atoms with E-state index in [0.29, 0.717) is 6.61 Å². The molecule has 0 aliphatic rings. The summed E-state index contributed by atoms with van der Waals surface area (Å²) in [6.45, 7) is 1.32. The van der Waals surface area contributed by atoms with Crippen molar-refractivity contribution in [1.29, 1.82) is 0 Å². The van der Waals surface area contributed by atoms with Gasteiger partial charge in [-0.1, -0.05) is 0 Å². The van der Waals surface area contributed by atoms with Crippen LogP contribution in [-0.4, -0.2) is 61.7 Å². The van der Waals surface area contributed by atoms with Crippen molar-refractivity contribution >= 4 is 12.4 Å². The number of halogens is 1. The van der Waals surface area contributed by atoms with E-state index in [-0.39, 0.29) is 25.6 Å². The minimum absolute atomic E-state index is 0. The predicted octanol–water partition coefficient (Wildman–Crippen LogP) is -0.270. The summed E-state index contributed by atoms with van der Waals surface area (Å²) in [6.07, 6.45) is 0.510. The molecule has 0 amide bonds. The van der Waals surface area contributed by atoms with Crippen molar-refractivity contribution in [3.63, 3.8) is 0 Å². The Balaban J connectivity index is 0.